The van der Waals surface area contributed by atoms with Crippen LogP contribution in [0.5, 0.6) is 11.5 Å². The predicted molar refractivity (Wildman–Crippen MR) is 171 cm³/mol. The van der Waals surface area contributed by atoms with Crippen molar-refractivity contribution in [3.8, 4) is 11.5 Å². The maximum atomic E-state index is 13.5. The topological polar surface area (TPSA) is 123 Å². The van der Waals surface area contributed by atoms with Gasteiger partial charge >= 0.3 is 0 Å². The van der Waals surface area contributed by atoms with Gasteiger partial charge in [-0.3, -0.25) is 19.2 Å². The Kier molecular flexibility index (Phi) is 9.29. The molecule has 1 saturated heterocycles. The van der Waals surface area contributed by atoms with Crippen LogP contribution in [0.2, 0.25) is 0 Å². The number of hydrogen-bond donors (Lipinski definition) is 2. The number of nitrogens with one attached hydrogen (secondary N) is 1. The molecule has 2 aromatic heterocycles. The Labute approximate surface area is 266 Å². The van der Waals surface area contributed by atoms with E-state index in [0.29, 0.717) is 48.6 Å². The zero-order chi connectivity index (χ0) is 32.3. The maximum Gasteiger partial charge on any atom is 0.281 e. The van der Waals surface area contributed by atoms with Crippen LogP contribution in [0.3, 0.4) is 0 Å². The van der Waals surface area contributed by atoms with Crippen LogP contribution in [0.15, 0.2) is 65.9 Å². The van der Waals surface area contributed by atoms with Crippen molar-refractivity contribution in [3.63, 3.8) is 0 Å². The van der Waals surface area contributed by atoms with Crippen LogP contribution in [-0.2, 0) is 17.7 Å². The lowest BCUT2D eigenvalue weighted by atomic mass is 10.1. The number of fused-ring (bicyclic) bond motifs is 3. The number of halogens is 1. The first-order valence-corrected chi connectivity index (χ1v) is 15.6. The second kappa shape index (κ2) is 13.5. The Morgan fingerprint density at radius 2 is 1.93 bits per heavy atom. The number of benzene rings is 2. The SMILES string of the molecule is C[C@@H]1CN(C[C@@](C)(O)COc2ccc3c4n(c(=NC(=O)c5cccnc5)nc3c2OCCc2ccc(F)cc2)CCN4)C[C@H](C)O1. The van der Waals surface area contributed by atoms with E-state index >= 15 is 0 Å². The van der Waals surface area contributed by atoms with Gasteiger partial charge in [-0.15, -0.1) is 0 Å². The number of carbonyl (C=O) groups is 1. The third kappa shape index (κ3) is 7.35. The van der Waals surface area contributed by atoms with Crippen molar-refractivity contribution in [3.05, 3.63) is 83.5 Å². The third-order valence-electron chi connectivity index (χ3n) is 7.96. The molecule has 0 unspecified atom stereocenters. The average molecular weight is 631 g/mol. The molecular formula is C34H39FN6O5. The van der Waals surface area contributed by atoms with Crippen LogP contribution >= 0.6 is 0 Å². The molecule has 242 valence electrons. The van der Waals surface area contributed by atoms with E-state index < -0.39 is 11.5 Å². The predicted octanol–water partition coefficient (Wildman–Crippen LogP) is 3.60. The lowest BCUT2D eigenvalue weighted by Crippen LogP contribution is -2.52. The van der Waals surface area contributed by atoms with Crippen molar-refractivity contribution < 1.29 is 28.5 Å². The minimum absolute atomic E-state index is 0.00160. The van der Waals surface area contributed by atoms with Gasteiger partial charge in [-0.05, 0) is 62.7 Å². The van der Waals surface area contributed by atoms with E-state index in [2.05, 4.69) is 20.2 Å². The zero-order valence-corrected chi connectivity index (χ0v) is 26.3. The first kappa shape index (κ1) is 31.6. The number of anilines is 1. The Morgan fingerprint density at radius 3 is 2.67 bits per heavy atom. The van der Waals surface area contributed by atoms with Crippen LogP contribution in [0.1, 0.15) is 36.7 Å². The molecule has 12 heteroatoms. The van der Waals surface area contributed by atoms with Gasteiger partial charge in [0.2, 0.25) is 5.62 Å². The Hall–Kier alpha value is -4.39. The van der Waals surface area contributed by atoms with Crippen LogP contribution in [0.25, 0.3) is 10.9 Å². The summed E-state index contributed by atoms with van der Waals surface area (Å²) in [5, 5.41) is 15.5. The molecule has 0 aliphatic carbocycles. The number of aliphatic hydroxyl groups is 1. The number of pyridine rings is 1. The maximum absolute atomic E-state index is 13.5. The standard InChI is InChI=1S/C34H39FN6O5/c1-22-18-40(19-23(2)46-22)20-34(3,43)21-45-28-11-10-27-29(30(28)44-16-12-24-6-8-26(35)9-7-24)38-33(41-15-14-37-31(27)41)39-32(42)25-5-4-13-36-17-25/h4-11,13,17,22-23,37,43H,12,14-16,18-21H2,1-3H3/t22-,23+,34-/m1/s1. The number of nitrogens with zero attached hydrogens (tertiary/aromatic N) is 5. The molecule has 0 spiro atoms. The van der Waals surface area contributed by atoms with Crippen molar-refractivity contribution in [2.24, 2.45) is 4.99 Å². The fourth-order valence-corrected chi connectivity index (χ4v) is 6.03. The molecule has 2 aliphatic rings. The van der Waals surface area contributed by atoms with Crippen molar-refractivity contribution in [1.29, 1.82) is 0 Å². The Bertz CT molecular complexity index is 1750. The minimum Gasteiger partial charge on any atom is -0.487 e. The summed E-state index contributed by atoms with van der Waals surface area (Å²) in [6.45, 7) is 9.13. The van der Waals surface area contributed by atoms with Gasteiger partial charge in [0.25, 0.3) is 5.91 Å². The second-order valence-electron chi connectivity index (χ2n) is 12.2. The quantitative estimate of drug-likeness (QED) is 0.271. The van der Waals surface area contributed by atoms with Crippen molar-refractivity contribution in [1.82, 2.24) is 19.4 Å². The number of β-amino-alcohol motifs (C(OH)–C–C–N with tert-alkyl or cyclic N) is 1. The van der Waals surface area contributed by atoms with Crippen LogP contribution in [0, 0.1) is 5.82 Å². The molecule has 0 saturated carbocycles. The van der Waals surface area contributed by atoms with Gasteiger partial charge in [0, 0.05) is 56.9 Å². The zero-order valence-electron chi connectivity index (χ0n) is 26.3. The molecule has 4 heterocycles. The van der Waals surface area contributed by atoms with Gasteiger partial charge in [-0.25, -0.2) is 9.37 Å². The van der Waals surface area contributed by atoms with Gasteiger partial charge in [0.1, 0.15) is 29.4 Å². The Morgan fingerprint density at radius 1 is 1.15 bits per heavy atom. The molecule has 11 nitrogen and oxygen atoms in total. The fraction of sp³-hybridized carbons (Fsp3) is 0.412. The molecule has 4 aromatic rings. The molecular weight excluding hydrogens is 591 g/mol. The molecule has 2 N–H and O–H groups in total. The van der Waals surface area contributed by atoms with Crippen molar-refractivity contribution in [2.75, 3.05) is 44.7 Å². The summed E-state index contributed by atoms with van der Waals surface area (Å²) in [5.74, 6) is 0.764. The first-order valence-electron chi connectivity index (χ1n) is 15.6. The summed E-state index contributed by atoms with van der Waals surface area (Å²) >= 11 is 0. The minimum atomic E-state index is -1.17. The lowest BCUT2D eigenvalue weighted by Gasteiger charge is -2.38. The summed E-state index contributed by atoms with van der Waals surface area (Å²) < 4.78 is 33.8. The smallest absolute Gasteiger partial charge is 0.281 e. The van der Waals surface area contributed by atoms with E-state index in [9.17, 15) is 14.3 Å². The van der Waals surface area contributed by atoms with Crippen molar-refractivity contribution >= 4 is 22.6 Å². The molecule has 6 rings (SSSR count). The third-order valence-corrected chi connectivity index (χ3v) is 7.96. The van der Waals surface area contributed by atoms with Crippen LogP contribution in [0.4, 0.5) is 10.2 Å². The fourth-order valence-electron chi connectivity index (χ4n) is 6.03. The summed E-state index contributed by atoms with van der Waals surface area (Å²) in [5.41, 5.74) is 0.778. The monoisotopic (exact) mass is 630 g/mol. The highest BCUT2D eigenvalue weighted by Crippen LogP contribution is 2.38. The number of rotatable bonds is 10. The molecule has 3 atom stereocenters. The second-order valence-corrected chi connectivity index (χ2v) is 12.2. The van der Waals surface area contributed by atoms with Gasteiger partial charge in [0.05, 0.1) is 24.4 Å². The highest BCUT2D eigenvalue weighted by atomic mass is 19.1. The van der Waals surface area contributed by atoms with Gasteiger partial charge < -0.3 is 24.6 Å². The normalized spacial score (nSPS) is 19.8. The Balaban J connectivity index is 1.34. The highest BCUT2D eigenvalue weighted by Gasteiger charge is 2.31. The molecule has 46 heavy (non-hydrogen) atoms. The van der Waals surface area contributed by atoms with E-state index in [0.717, 1.165) is 29.9 Å². The molecule has 2 aliphatic heterocycles. The van der Waals surface area contributed by atoms with E-state index in [4.69, 9.17) is 19.2 Å². The number of carbonyl (C=O) groups excluding carboxylic acids is 1. The van der Waals surface area contributed by atoms with Crippen molar-refractivity contribution in [2.45, 2.75) is 51.5 Å². The summed E-state index contributed by atoms with van der Waals surface area (Å²) in [6.07, 6.45) is 3.72. The number of aromatic nitrogens is 3. The van der Waals surface area contributed by atoms with Gasteiger partial charge in [-0.2, -0.15) is 4.99 Å². The summed E-state index contributed by atoms with van der Waals surface area (Å²) in [6, 6.07) is 13.3. The number of morpholine rings is 1. The number of amides is 1. The summed E-state index contributed by atoms with van der Waals surface area (Å²) in [4.78, 5) is 28.5. The van der Waals surface area contributed by atoms with Gasteiger partial charge in [-0.1, -0.05) is 12.1 Å². The van der Waals surface area contributed by atoms with E-state index in [1.54, 1.807) is 37.4 Å². The average Bonchev–Trinajstić information content (AvgIpc) is 3.52. The summed E-state index contributed by atoms with van der Waals surface area (Å²) in [7, 11) is 0. The number of ether oxygens (including phenoxy) is 3. The molecule has 0 radical (unpaired) electrons. The van der Waals surface area contributed by atoms with Crippen LogP contribution < -0.4 is 20.4 Å². The van der Waals surface area contributed by atoms with Crippen LogP contribution in [-0.4, -0.2) is 87.7 Å². The van der Waals surface area contributed by atoms with E-state index in [1.165, 1.54) is 18.3 Å². The first-order chi connectivity index (χ1) is 22.1. The lowest BCUT2D eigenvalue weighted by molar-refractivity contribution is -0.0952. The largest absolute Gasteiger partial charge is 0.487 e. The van der Waals surface area contributed by atoms with E-state index in [-0.39, 0.29) is 36.9 Å². The van der Waals surface area contributed by atoms with Gasteiger partial charge in [0.15, 0.2) is 11.5 Å². The van der Waals surface area contributed by atoms with E-state index in [1.807, 2.05) is 30.5 Å². The molecule has 1 fully saturated rings. The molecule has 2 aromatic carbocycles. The number of hydrogen-bond acceptors (Lipinski definition) is 9. The molecule has 1 amide bonds. The molecule has 0 bridgehead atoms. The highest BCUT2D eigenvalue weighted by molar-refractivity contribution is 5.96.